The van der Waals surface area contributed by atoms with E-state index >= 15 is 0 Å². The normalized spacial score (nSPS) is 11.4. The van der Waals surface area contributed by atoms with Gasteiger partial charge >= 0.3 is 0 Å². The summed E-state index contributed by atoms with van der Waals surface area (Å²) < 4.78 is 0. The van der Waals surface area contributed by atoms with Gasteiger partial charge in [-0.05, 0) is 64.2 Å². The molecule has 0 saturated heterocycles. The first kappa shape index (κ1) is 17.0. The van der Waals surface area contributed by atoms with E-state index in [-0.39, 0.29) is 0 Å². The zero-order chi connectivity index (χ0) is 16.6. The molecule has 0 bridgehead atoms. The Balaban J connectivity index is 1.59. The van der Waals surface area contributed by atoms with Crippen LogP contribution in [0.2, 0.25) is 0 Å². The summed E-state index contributed by atoms with van der Waals surface area (Å²) in [6.45, 7) is 2.28. The fraction of sp³-hybridized carbons (Fsp3) is 0.417. The number of hydrogen-bond donors (Lipinski definition) is 0. The minimum atomic E-state index is 1.20. The fourth-order valence-electron chi connectivity index (χ4n) is 3.64. The molecule has 0 amide bonds. The summed E-state index contributed by atoms with van der Waals surface area (Å²) in [5, 5.41) is 5.40. The smallest absolute Gasteiger partial charge is 0.0146 e. The summed E-state index contributed by atoms with van der Waals surface area (Å²) >= 11 is 0. The summed E-state index contributed by atoms with van der Waals surface area (Å²) in [7, 11) is 0. The molecule has 0 aliphatic rings. The van der Waals surface area contributed by atoms with E-state index in [1.807, 2.05) is 6.07 Å². The molecular formula is C24H29. The molecule has 125 valence electrons. The Hall–Kier alpha value is -1.82. The lowest BCUT2D eigenvalue weighted by molar-refractivity contribution is 0.576. The molecule has 0 unspecified atom stereocenters. The maximum atomic E-state index is 3.20. The quantitative estimate of drug-likeness (QED) is 0.283. The van der Waals surface area contributed by atoms with Crippen molar-refractivity contribution in [2.24, 2.45) is 0 Å². The van der Waals surface area contributed by atoms with Gasteiger partial charge in [0, 0.05) is 0 Å². The summed E-state index contributed by atoms with van der Waals surface area (Å²) in [6, 6.07) is 20.9. The molecule has 0 spiro atoms. The van der Waals surface area contributed by atoms with Gasteiger partial charge in [-0.15, -0.1) is 0 Å². The number of unbranched alkanes of at least 4 members (excludes halogenated alkanes) is 7. The van der Waals surface area contributed by atoms with E-state index in [9.17, 15) is 0 Å². The summed E-state index contributed by atoms with van der Waals surface area (Å²) in [5.41, 5.74) is 1.50. The van der Waals surface area contributed by atoms with Crippen LogP contribution >= 0.6 is 0 Å². The van der Waals surface area contributed by atoms with E-state index in [1.54, 1.807) is 0 Å². The van der Waals surface area contributed by atoms with Crippen molar-refractivity contribution in [1.82, 2.24) is 0 Å². The number of fused-ring (bicyclic) bond motifs is 2. The van der Waals surface area contributed by atoms with Crippen molar-refractivity contribution in [3.05, 3.63) is 60.2 Å². The zero-order valence-electron chi connectivity index (χ0n) is 15.0. The minimum Gasteiger partial charge on any atom is -0.0654 e. The molecule has 1 radical (unpaired) electrons. The second-order valence-corrected chi connectivity index (χ2v) is 6.99. The van der Waals surface area contributed by atoms with Gasteiger partial charge < -0.3 is 0 Å². The Kier molecular flexibility index (Phi) is 6.29. The number of rotatable bonds is 9. The number of aryl methyl sites for hydroxylation is 1. The molecule has 0 saturated carbocycles. The third kappa shape index (κ3) is 4.38. The molecule has 0 heteroatoms. The SMILES string of the molecule is CCCCCCCCCCc1cccc2cc3cc[c]cc3cc12. The predicted octanol–water partition coefficient (Wildman–Crippen LogP) is 7.48. The van der Waals surface area contributed by atoms with Crippen LogP contribution < -0.4 is 0 Å². The van der Waals surface area contributed by atoms with Crippen LogP contribution in [-0.4, -0.2) is 0 Å². The van der Waals surface area contributed by atoms with Gasteiger partial charge in [0.2, 0.25) is 0 Å². The largest absolute Gasteiger partial charge is 0.0654 e. The van der Waals surface area contributed by atoms with Gasteiger partial charge in [-0.3, -0.25) is 0 Å². The molecule has 0 heterocycles. The second kappa shape index (κ2) is 8.87. The third-order valence-electron chi connectivity index (χ3n) is 5.07. The first-order chi connectivity index (χ1) is 11.9. The van der Waals surface area contributed by atoms with Gasteiger partial charge in [0.1, 0.15) is 0 Å². The van der Waals surface area contributed by atoms with Crippen LogP contribution in [-0.2, 0) is 6.42 Å². The van der Waals surface area contributed by atoms with Gasteiger partial charge in [-0.25, -0.2) is 0 Å². The van der Waals surface area contributed by atoms with E-state index < -0.39 is 0 Å². The monoisotopic (exact) mass is 317 g/mol. The highest BCUT2D eigenvalue weighted by molar-refractivity contribution is 5.99. The van der Waals surface area contributed by atoms with Crippen LogP contribution in [0.5, 0.6) is 0 Å². The maximum absolute atomic E-state index is 3.20. The highest BCUT2D eigenvalue weighted by Gasteiger charge is 2.03. The first-order valence-electron chi connectivity index (χ1n) is 9.70. The zero-order valence-corrected chi connectivity index (χ0v) is 15.0. The standard InChI is InChI=1S/C24H29/c1-2-3-4-5-6-7-8-9-13-20-16-12-17-23-18-21-14-10-11-15-22(21)19-24(20)23/h10,12,14-19H,2-9,13H2,1H3. The number of hydrogen-bond acceptors (Lipinski definition) is 0. The summed E-state index contributed by atoms with van der Waals surface area (Å²) in [6.07, 6.45) is 12.3. The van der Waals surface area contributed by atoms with E-state index in [1.165, 1.54) is 84.9 Å². The van der Waals surface area contributed by atoms with Crippen molar-refractivity contribution in [3.8, 4) is 0 Å². The Labute approximate surface area is 146 Å². The van der Waals surface area contributed by atoms with Crippen LogP contribution in [0, 0.1) is 6.07 Å². The first-order valence-corrected chi connectivity index (χ1v) is 9.70. The highest BCUT2D eigenvalue weighted by atomic mass is 14.1. The van der Waals surface area contributed by atoms with Crippen molar-refractivity contribution in [2.45, 2.75) is 64.7 Å². The molecule has 3 rings (SSSR count). The minimum absolute atomic E-state index is 1.20. The van der Waals surface area contributed by atoms with E-state index in [2.05, 4.69) is 55.5 Å². The summed E-state index contributed by atoms with van der Waals surface area (Å²) in [4.78, 5) is 0. The molecule has 0 aliphatic heterocycles. The molecule has 0 aliphatic carbocycles. The van der Waals surface area contributed by atoms with Crippen molar-refractivity contribution in [3.63, 3.8) is 0 Å². The third-order valence-corrected chi connectivity index (χ3v) is 5.07. The van der Waals surface area contributed by atoms with E-state index in [4.69, 9.17) is 0 Å². The molecule has 24 heavy (non-hydrogen) atoms. The van der Waals surface area contributed by atoms with E-state index in [0.717, 1.165) is 0 Å². The molecule has 3 aromatic carbocycles. The predicted molar refractivity (Wildman–Crippen MR) is 107 cm³/mol. The highest BCUT2D eigenvalue weighted by Crippen LogP contribution is 2.26. The van der Waals surface area contributed by atoms with Crippen molar-refractivity contribution < 1.29 is 0 Å². The topological polar surface area (TPSA) is 0 Å². The Morgan fingerprint density at radius 1 is 0.750 bits per heavy atom. The van der Waals surface area contributed by atoms with E-state index in [0.29, 0.717) is 0 Å². The van der Waals surface area contributed by atoms with Gasteiger partial charge in [-0.1, -0.05) is 82.2 Å². The Morgan fingerprint density at radius 3 is 2.38 bits per heavy atom. The molecule has 0 nitrogen and oxygen atoms in total. The molecule has 0 atom stereocenters. The lowest BCUT2D eigenvalue weighted by atomic mass is 9.96. The average Bonchev–Trinajstić information content (AvgIpc) is 2.62. The van der Waals surface area contributed by atoms with Crippen LogP contribution in [0.15, 0.2) is 48.5 Å². The molecule has 0 fully saturated rings. The van der Waals surface area contributed by atoms with Crippen LogP contribution in [0.25, 0.3) is 21.5 Å². The van der Waals surface area contributed by atoms with Crippen molar-refractivity contribution in [1.29, 1.82) is 0 Å². The van der Waals surface area contributed by atoms with Crippen LogP contribution in [0.1, 0.15) is 63.9 Å². The fourth-order valence-corrected chi connectivity index (χ4v) is 3.64. The lowest BCUT2D eigenvalue weighted by Crippen LogP contribution is -1.89. The average molecular weight is 317 g/mol. The Morgan fingerprint density at radius 2 is 1.54 bits per heavy atom. The molecule has 0 aromatic heterocycles. The maximum Gasteiger partial charge on any atom is -0.0146 e. The van der Waals surface area contributed by atoms with Gasteiger partial charge in [0.15, 0.2) is 0 Å². The van der Waals surface area contributed by atoms with Crippen LogP contribution in [0.4, 0.5) is 0 Å². The van der Waals surface area contributed by atoms with Gasteiger partial charge in [0.25, 0.3) is 0 Å². The molecule has 0 N–H and O–H groups in total. The van der Waals surface area contributed by atoms with Crippen LogP contribution in [0.3, 0.4) is 0 Å². The van der Waals surface area contributed by atoms with Crippen molar-refractivity contribution in [2.75, 3.05) is 0 Å². The Bertz CT molecular complexity index is 769. The van der Waals surface area contributed by atoms with Gasteiger partial charge in [0.05, 0.1) is 0 Å². The molecular weight excluding hydrogens is 288 g/mol. The lowest BCUT2D eigenvalue weighted by Gasteiger charge is -2.09. The summed E-state index contributed by atoms with van der Waals surface area (Å²) in [5.74, 6) is 0. The number of benzene rings is 3. The molecule has 3 aromatic rings. The second-order valence-electron chi connectivity index (χ2n) is 6.99. The van der Waals surface area contributed by atoms with Gasteiger partial charge in [-0.2, -0.15) is 0 Å². The van der Waals surface area contributed by atoms with Crippen molar-refractivity contribution >= 4 is 21.5 Å².